The number of piperidine rings is 1. The summed E-state index contributed by atoms with van der Waals surface area (Å²) in [6.45, 7) is -0.215. The third-order valence-electron chi connectivity index (χ3n) is 4.36. The van der Waals surface area contributed by atoms with E-state index in [1.807, 2.05) is 0 Å². The number of hydrogen-bond acceptors (Lipinski definition) is 4. The standard InChI is InChI=1S/C14H16F2N4O2/c1-19-5-3-13(12(19)22)7-14(15,16)9-20(8-13)11(21)10-2-4-17-18-6-10/h2,4,6H,3,5,7-9H2,1H3/t13-/m0/s1. The Bertz CT molecular complexity index is 610. The summed E-state index contributed by atoms with van der Waals surface area (Å²) in [5, 5.41) is 7.16. The van der Waals surface area contributed by atoms with Gasteiger partial charge in [-0.2, -0.15) is 10.2 Å². The Morgan fingerprint density at radius 2 is 2.09 bits per heavy atom. The van der Waals surface area contributed by atoms with Gasteiger partial charge in [-0.25, -0.2) is 8.78 Å². The fourth-order valence-corrected chi connectivity index (χ4v) is 3.36. The molecule has 0 bridgehead atoms. The number of likely N-dealkylation sites (tertiary alicyclic amines) is 2. The molecule has 8 heteroatoms. The molecule has 0 aliphatic carbocycles. The summed E-state index contributed by atoms with van der Waals surface area (Å²) in [5.41, 5.74) is -0.978. The summed E-state index contributed by atoms with van der Waals surface area (Å²) in [4.78, 5) is 27.2. The Labute approximate surface area is 126 Å². The monoisotopic (exact) mass is 310 g/mol. The van der Waals surface area contributed by atoms with Crippen LogP contribution in [0.15, 0.2) is 18.5 Å². The van der Waals surface area contributed by atoms with E-state index in [1.165, 1.54) is 23.4 Å². The molecule has 0 N–H and O–H groups in total. The van der Waals surface area contributed by atoms with Crippen LogP contribution in [0.5, 0.6) is 0 Å². The molecule has 0 radical (unpaired) electrons. The molecule has 1 spiro atoms. The van der Waals surface area contributed by atoms with Crippen LogP contribution < -0.4 is 0 Å². The highest BCUT2D eigenvalue weighted by molar-refractivity contribution is 5.95. The molecular formula is C14H16F2N4O2. The lowest BCUT2D eigenvalue weighted by Crippen LogP contribution is -2.57. The van der Waals surface area contributed by atoms with Crippen molar-refractivity contribution in [2.24, 2.45) is 5.41 Å². The highest BCUT2D eigenvalue weighted by atomic mass is 19.3. The molecule has 2 amide bonds. The largest absolute Gasteiger partial charge is 0.345 e. The van der Waals surface area contributed by atoms with Gasteiger partial charge in [-0.15, -0.1) is 0 Å². The van der Waals surface area contributed by atoms with Gasteiger partial charge in [-0.3, -0.25) is 9.59 Å². The molecule has 2 saturated heterocycles. The second kappa shape index (κ2) is 4.96. The molecule has 118 valence electrons. The summed E-state index contributed by atoms with van der Waals surface area (Å²) in [6.07, 6.45) is 2.42. The number of alkyl halides is 2. The average Bonchev–Trinajstić information content (AvgIpc) is 2.74. The summed E-state index contributed by atoms with van der Waals surface area (Å²) in [7, 11) is 1.60. The Kier molecular flexibility index (Phi) is 3.34. The molecule has 6 nitrogen and oxygen atoms in total. The zero-order valence-electron chi connectivity index (χ0n) is 12.1. The minimum atomic E-state index is -3.07. The first kappa shape index (κ1) is 14.8. The summed E-state index contributed by atoms with van der Waals surface area (Å²) >= 11 is 0. The van der Waals surface area contributed by atoms with E-state index >= 15 is 0 Å². The summed E-state index contributed by atoms with van der Waals surface area (Å²) in [6, 6.07) is 1.43. The van der Waals surface area contributed by atoms with Gasteiger partial charge in [0.1, 0.15) is 0 Å². The Morgan fingerprint density at radius 3 is 2.68 bits per heavy atom. The molecule has 0 unspecified atom stereocenters. The van der Waals surface area contributed by atoms with Crippen molar-refractivity contribution < 1.29 is 18.4 Å². The maximum absolute atomic E-state index is 14.1. The molecule has 2 aliphatic rings. The van der Waals surface area contributed by atoms with Crippen molar-refractivity contribution in [1.82, 2.24) is 20.0 Å². The average molecular weight is 310 g/mol. The molecule has 1 aromatic heterocycles. The molecule has 2 aliphatic heterocycles. The molecular weight excluding hydrogens is 294 g/mol. The van der Waals surface area contributed by atoms with Gasteiger partial charge in [0.15, 0.2) is 0 Å². The lowest BCUT2D eigenvalue weighted by atomic mass is 9.77. The van der Waals surface area contributed by atoms with Gasteiger partial charge in [-0.05, 0) is 12.5 Å². The molecule has 0 aromatic carbocycles. The summed E-state index contributed by atoms with van der Waals surface area (Å²) < 4.78 is 28.3. The van der Waals surface area contributed by atoms with Crippen LogP contribution in [0.1, 0.15) is 23.2 Å². The zero-order valence-corrected chi connectivity index (χ0v) is 12.1. The highest BCUT2D eigenvalue weighted by Crippen LogP contribution is 2.45. The van der Waals surface area contributed by atoms with Gasteiger partial charge in [0, 0.05) is 26.6 Å². The van der Waals surface area contributed by atoms with Gasteiger partial charge in [0.05, 0.1) is 29.9 Å². The first-order valence-corrected chi connectivity index (χ1v) is 7.02. The van der Waals surface area contributed by atoms with Crippen LogP contribution in [0.25, 0.3) is 0 Å². The zero-order chi connectivity index (χ0) is 16.0. The quantitative estimate of drug-likeness (QED) is 0.770. The van der Waals surface area contributed by atoms with E-state index in [4.69, 9.17) is 0 Å². The second-order valence-corrected chi connectivity index (χ2v) is 6.08. The first-order chi connectivity index (χ1) is 10.3. The van der Waals surface area contributed by atoms with Crippen LogP contribution in [0.3, 0.4) is 0 Å². The third kappa shape index (κ3) is 2.42. The predicted molar refractivity (Wildman–Crippen MR) is 72.2 cm³/mol. The highest BCUT2D eigenvalue weighted by Gasteiger charge is 2.57. The molecule has 2 fully saturated rings. The SMILES string of the molecule is CN1CC[C@]2(CN(C(=O)c3ccnnc3)CC(F)(F)C2)C1=O. The number of amides is 2. The van der Waals surface area contributed by atoms with E-state index < -0.39 is 30.2 Å². The number of halogens is 2. The molecule has 22 heavy (non-hydrogen) atoms. The van der Waals surface area contributed by atoms with E-state index in [2.05, 4.69) is 10.2 Å². The maximum atomic E-state index is 14.1. The van der Waals surface area contributed by atoms with Crippen molar-refractivity contribution in [3.8, 4) is 0 Å². The normalized spacial score (nSPS) is 27.5. The van der Waals surface area contributed by atoms with Gasteiger partial charge in [0.2, 0.25) is 5.91 Å². The lowest BCUT2D eigenvalue weighted by Gasteiger charge is -2.42. The first-order valence-electron chi connectivity index (χ1n) is 7.02. The maximum Gasteiger partial charge on any atom is 0.266 e. The van der Waals surface area contributed by atoms with Gasteiger partial charge >= 0.3 is 0 Å². The fourth-order valence-electron chi connectivity index (χ4n) is 3.36. The molecule has 3 rings (SSSR count). The van der Waals surface area contributed by atoms with Crippen molar-refractivity contribution in [1.29, 1.82) is 0 Å². The lowest BCUT2D eigenvalue weighted by molar-refractivity contribution is -0.150. The van der Waals surface area contributed by atoms with Crippen molar-refractivity contribution in [2.45, 2.75) is 18.8 Å². The van der Waals surface area contributed by atoms with E-state index in [0.29, 0.717) is 13.0 Å². The van der Waals surface area contributed by atoms with Crippen LogP contribution in [0, 0.1) is 5.41 Å². The minimum Gasteiger partial charge on any atom is -0.345 e. The van der Waals surface area contributed by atoms with Crippen molar-refractivity contribution in [3.05, 3.63) is 24.0 Å². The number of nitrogens with zero attached hydrogens (tertiary/aromatic N) is 4. The number of carbonyl (C=O) groups is 2. The smallest absolute Gasteiger partial charge is 0.266 e. The number of aromatic nitrogens is 2. The molecule has 3 heterocycles. The van der Waals surface area contributed by atoms with Crippen LogP contribution in [-0.4, -0.2) is 64.4 Å². The van der Waals surface area contributed by atoms with E-state index in [9.17, 15) is 18.4 Å². The van der Waals surface area contributed by atoms with Crippen molar-refractivity contribution in [3.63, 3.8) is 0 Å². The van der Waals surface area contributed by atoms with E-state index in [1.54, 1.807) is 7.05 Å². The van der Waals surface area contributed by atoms with Crippen LogP contribution in [-0.2, 0) is 4.79 Å². The minimum absolute atomic E-state index is 0.0208. The Hall–Kier alpha value is -2.12. The molecule has 0 saturated carbocycles. The molecule has 1 aromatic rings. The number of hydrogen-bond donors (Lipinski definition) is 0. The molecule has 1 atom stereocenters. The van der Waals surface area contributed by atoms with E-state index in [0.717, 1.165) is 4.90 Å². The van der Waals surface area contributed by atoms with Gasteiger partial charge < -0.3 is 9.80 Å². The van der Waals surface area contributed by atoms with Crippen LogP contribution in [0.2, 0.25) is 0 Å². The Balaban J connectivity index is 1.90. The van der Waals surface area contributed by atoms with Gasteiger partial charge in [0.25, 0.3) is 11.8 Å². The van der Waals surface area contributed by atoms with Crippen molar-refractivity contribution in [2.75, 3.05) is 26.7 Å². The van der Waals surface area contributed by atoms with Crippen LogP contribution >= 0.6 is 0 Å². The third-order valence-corrected chi connectivity index (χ3v) is 4.36. The summed E-state index contributed by atoms with van der Waals surface area (Å²) in [5.74, 6) is -3.93. The van der Waals surface area contributed by atoms with E-state index in [-0.39, 0.29) is 18.0 Å². The van der Waals surface area contributed by atoms with Crippen LogP contribution in [0.4, 0.5) is 8.78 Å². The van der Waals surface area contributed by atoms with Crippen molar-refractivity contribution >= 4 is 11.8 Å². The second-order valence-electron chi connectivity index (χ2n) is 6.08. The Morgan fingerprint density at radius 1 is 1.32 bits per heavy atom. The fraction of sp³-hybridized carbons (Fsp3) is 0.571. The topological polar surface area (TPSA) is 66.4 Å². The van der Waals surface area contributed by atoms with Gasteiger partial charge in [-0.1, -0.05) is 0 Å². The number of rotatable bonds is 1. The number of carbonyl (C=O) groups excluding carboxylic acids is 2. The predicted octanol–water partition coefficient (Wildman–Crippen LogP) is 0.806.